The summed E-state index contributed by atoms with van der Waals surface area (Å²) < 4.78 is 26.5. The van der Waals surface area contributed by atoms with E-state index in [9.17, 15) is 8.42 Å². The van der Waals surface area contributed by atoms with E-state index in [0.29, 0.717) is 6.04 Å². The van der Waals surface area contributed by atoms with Crippen LogP contribution in [0.1, 0.15) is 30.9 Å². The first-order valence-corrected chi connectivity index (χ1v) is 11.9. The van der Waals surface area contributed by atoms with Crippen LogP contribution in [-0.2, 0) is 22.3 Å². The van der Waals surface area contributed by atoms with Gasteiger partial charge in [-0.25, -0.2) is 13.1 Å². The molecule has 3 aromatic rings. The third-order valence-corrected chi connectivity index (χ3v) is 6.68. The molecule has 1 saturated heterocycles. The highest BCUT2D eigenvalue weighted by atomic mass is 32.2. The Morgan fingerprint density at radius 1 is 1.23 bits per heavy atom. The molecule has 1 aromatic heterocycles. The second-order valence-corrected chi connectivity index (χ2v) is 9.63. The van der Waals surface area contributed by atoms with Crippen LogP contribution < -0.4 is 10.0 Å². The van der Waals surface area contributed by atoms with Gasteiger partial charge in [0, 0.05) is 36.7 Å². The highest BCUT2D eigenvalue weighted by Crippen LogP contribution is 2.21. The first-order valence-electron chi connectivity index (χ1n) is 10.3. The molecule has 0 aliphatic carbocycles. The minimum atomic E-state index is -3.33. The molecular weight excluding hydrogens is 398 g/mol. The lowest BCUT2D eigenvalue weighted by Crippen LogP contribution is -2.41. The molecule has 0 bridgehead atoms. The summed E-state index contributed by atoms with van der Waals surface area (Å²) >= 11 is 0. The topological polar surface area (TPSA) is 90.1 Å². The van der Waals surface area contributed by atoms with Crippen LogP contribution in [0.25, 0.3) is 10.9 Å². The number of fused-ring (bicyclic) bond motifs is 1. The number of aromatic amines is 1. The van der Waals surface area contributed by atoms with Crippen molar-refractivity contribution < 1.29 is 8.42 Å². The number of nitrogens with one attached hydrogen (secondary N) is 3. The molecule has 1 fully saturated rings. The fourth-order valence-electron chi connectivity index (χ4n) is 4.10. The molecule has 159 valence electrons. The highest BCUT2D eigenvalue weighted by Gasteiger charge is 2.20. The van der Waals surface area contributed by atoms with E-state index in [2.05, 4.69) is 49.4 Å². The van der Waals surface area contributed by atoms with E-state index in [1.165, 1.54) is 6.54 Å². The summed E-state index contributed by atoms with van der Waals surface area (Å²) in [4.78, 5) is 2.43. The standard InChI is InChI=1S/C22H28N5O2S/c1-2-24-30(28,29)16-18-6-3-5-17(11-18)14-27-10-4-7-21(15-27)25-20-8-9-22-19(12-20)13-23-26-22/h2-3,5-6,8-9,11-13,21,24-25H,4,7,10,14-16H2,1H3,(H,23,26)/t21-/m0/s1. The van der Waals surface area contributed by atoms with Crippen molar-refractivity contribution in [2.24, 2.45) is 0 Å². The van der Waals surface area contributed by atoms with Crippen molar-refractivity contribution in [3.05, 3.63) is 66.3 Å². The first kappa shape index (κ1) is 20.8. The fraction of sp³-hybridized carbons (Fsp3) is 0.364. The van der Waals surface area contributed by atoms with Crippen molar-refractivity contribution in [3.63, 3.8) is 0 Å². The Morgan fingerprint density at radius 3 is 2.97 bits per heavy atom. The van der Waals surface area contributed by atoms with E-state index in [-0.39, 0.29) is 5.75 Å². The summed E-state index contributed by atoms with van der Waals surface area (Å²) in [7, 11) is -3.33. The highest BCUT2D eigenvalue weighted by molar-refractivity contribution is 7.88. The summed E-state index contributed by atoms with van der Waals surface area (Å²) in [6.45, 7) is 5.94. The van der Waals surface area contributed by atoms with Crippen LogP contribution in [0.15, 0.2) is 48.7 Å². The second-order valence-electron chi connectivity index (χ2n) is 7.88. The number of piperidine rings is 1. The first-order chi connectivity index (χ1) is 14.5. The molecule has 1 aliphatic rings. The zero-order valence-electron chi connectivity index (χ0n) is 17.1. The summed E-state index contributed by atoms with van der Waals surface area (Å²) in [6, 6.07) is 14.5. The quantitative estimate of drug-likeness (QED) is 0.514. The van der Waals surface area contributed by atoms with Gasteiger partial charge in [0.25, 0.3) is 0 Å². The molecule has 8 heteroatoms. The van der Waals surface area contributed by atoms with Crippen molar-refractivity contribution in [2.75, 3.05) is 18.4 Å². The number of rotatable bonds is 8. The van der Waals surface area contributed by atoms with E-state index in [4.69, 9.17) is 0 Å². The molecule has 1 radical (unpaired) electrons. The smallest absolute Gasteiger partial charge is 0.216 e. The zero-order chi connectivity index (χ0) is 21.0. The maximum absolute atomic E-state index is 12.0. The Kier molecular flexibility index (Phi) is 6.36. The molecule has 2 heterocycles. The normalized spacial score (nSPS) is 18.0. The van der Waals surface area contributed by atoms with Gasteiger partial charge in [0.2, 0.25) is 10.0 Å². The van der Waals surface area contributed by atoms with Gasteiger partial charge in [-0.2, -0.15) is 5.10 Å². The van der Waals surface area contributed by atoms with E-state index in [1.54, 1.807) is 6.92 Å². The van der Waals surface area contributed by atoms with Crippen molar-refractivity contribution in [1.82, 2.24) is 19.8 Å². The molecule has 1 atom stereocenters. The number of aromatic nitrogens is 2. The number of hydrogen-bond acceptors (Lipinski definition) is 5. The van der Waals surface area contributed by atoms with E-state index >= 15 is 0 Å². The molecule has 30 heavy (non-hydrogen) atoms. The zero-order valence-corrected chi connectivity index (χ0v) is 18.0. The second kappa shape index (κ2) is 9.16. The monoisotopic (exact) mass is 426 g/mol. The number of anilines is 1. The lowest BCUT2D eigenvalue weighted by Gasteiger charge is -2.33. The van der Waals surface area contributed by atoms with Crippen LogP contribution in [0.4, 0.5) is 5.69 Å². The number of H-pyrrole nitrogens is 1. The van der Waals surface area contributed by atoms with Crippen molar-refractivity contribution >= 4 is 26.6 Å². The number of sulfonamides is 1. The van der Waals surface area contributed by atoms with E-state index in [1.807, 2.05) is 24.4 Å². The Hall–Kier alpha value is -2.42. The Balaban J connectivity index is 1.37. The third kappa shape index (κ3) is 5.38. The lowest BCUT2D eigenvalue weighted by molar-refractivity contribution is 0.208. The lowest BCUT2D eigenvalue weighted by atomic mass is 10.0. The van der Waals surface area contributed by atoms with E-state index in [0.717, 1.165) is 60.2 Å². The number of nitrogens with zero attached hydrogens (tertiary/aromatic N) is 2. The molecule has 2 aromatic carbocycles. The summed E-state index contributed by atoms with van der Waals surface area (Å²) in [5.74, 6) is -0.00809. The molecule has 0 amide bonds. The Labute approximate surface area is 177 Å². The van der Waals surface area contributed by atoms with Gasteiger partial charge >= 0.3 is 0 Å². The molecule has 7 nitrogen and oxygen atoms in total. The maximum atomic E-state index is 12.0. The number of benzene rings is 2. The van der Waals surface area contributed by atoms with Crippen molar-refractivity contribution in [1.29, 1.82) is 0 Å². The Morgan fingerprint density at radius 2 is 2.10 bits per heavy atom. The summed E-state index contributed by atoms with van der Waals surface area (Å²) in [6.07, 6.45) is 4.11. The molecule has 0 saturated carbocycles. The SMILES string of the molecule is C[CH]NS(=O)(=O)Cc1cccc(CN2CCC[C@H](Nc3ccc4[nH]ncc4c3)C2)c1. The fourth-order valence-corrected chi connectivity index (χ4v) is 5.16. The minimum absolute atomic E-state index is 0.00809. The Bertz CT molecular complexity index is 1100. The van der Waals surface area contributed by atoms with Crippen LogP contribution in [0.3, 0.4) is 0 Å². The van der Waals surface area contributed by atoms with Crippen molar-refractivity contribution in [3.8, 4) is 0 Å². The third-order valence-electron chi connectivity index (χ3n) is 5.37. The van der Waals surface area contributed by atoms with Crippen LogP contribution in [0.2, 0.25) is 0 Å². The van der Waals surface area contributed by atoms with Crippen molar-refractivity contribution in [2.45, 2.75) is 38.1 Å². The van der Waals surface area contributed by atoms with Gasteiger partial charge in [-0.1, -0.05) is 24.3 Å². The van der Waals surface area contributed by atoms with Gasteiger partial charge in [0.05, 0.1) is 17.5 Å². The predicted octanol–water partition coefficient (Wildman–Crippen LogP) is 3.24. The summed E-state index contributed by atoms with van der Waals surface area (Å²) in [5.41, 5.74) is 4.11. The van der Waals surface area contributed by atoms with E-state index < -0.39 is 10.0 Å². The predicted molar refractivity (Wildman–Crippen MR) is 120 cm³/mol. The van der Waals surface area contributed by atoms with Gasteiger partial charge in [-0.3, -0.25) is 10.00 Å². The van der Waals surface area contributed by atoms with Gasteiger partial charge in [-0.05, 0) is 55.6 Å². The van der Waals surface area contributed by atoms with Gasteiger partial charge in [-0.15, -0.1) is 0 Å². The number of likely N-dealkylation sites (tertiary alicyclic amines) is 1. The molecule has 0 unspecified atom stereocenters. The molecule has 0 spiro atoms. The van der Waals surface area contributed by atoms with Gasteiger partial charge < -0.3 is 5.32 Å². The van der Waals surface area contributed by atoms with Crippen LogP contribution in [0.5, 0.6) is 0 Å². The van der Waals surface area contributed by atoms with Gasteiger partial charge in [0.15, 0.2) is 0 Å². The van der Waals surface area contributed by atoms with Gasteiger partial charge in [0.1, 0.15) is 0 Å². The van der Waals surface area contributed by atoms with Crippen LogP contribution in [-0.4, -0.2) is 42.6 Å². The molecular formula is C22H28N5O2S. The average Bonchev–Trinajstić information content (AvgIpc) is 3.16. The van der Waals surface area contributed by atoms with Crippen LogP contribution in [0, 0.1) is 6.54 Å². The molecule has 1 aliphatic heterocycles. The average molecular weight is 427 g/mol. The maximum Gasteiger partial charge on any atom is 0.216 e. The largest absolute Gasteiger partial charge is 0.381 e. The molecule has 3 N–H and O–H groups in total. The van der Waals surface area contributed by atoms with Crippen LogP contribution >= 0.6 is 0 Å². The summed E-state index contributed by atoms with van der Waals surface area (Å²) in [5, 5.41) is 11.8. The molecule has 4 rings (SSSR count). The minimum Gasteiger partial charge on any atom is -0.381 e. The number of hydrogen-bond donors (Lipinski definition) is 3.